The number of carboxylic acids is 1. The van der Waals surface area contributed by atoms with Crippen molar-refractivity contribution in [1.82, 2.24) is 4.90 Å². The molecule has 0 bridgehead atoms. The SMILES string of the molecule is Cl.O=C(O)C1CCN(C2CCCC2)CC1. The van der Waals surface area contributed by atoms with Gasteiger partial charge in [-0.3, -0.25) is 4.79 Å². The van der Waals surface area contributed by atoms with Crippen LogP contribution < -0.4 is 0 Å². The molecule has 1 aliphatic heterocycles. The second kappa shape index (κ2) is 5.71. The first-order valence-electron chi connectivity index (χ1n) is 5.74. The Hall–Kier alpha value is -0.280. The van der Waals surface area contributed by atoms with E-state index in [1.807, 2.05) is 0 Å². The molecule has 15 heavy (non-hydrogen) atoms. The van der Waals surface area contributed by atoms with Gasteiger partial charge in [0.15, 0.2) is 0 Å². The predicted molar refractivity (Wildman–Crippen MR) is 61.4 cm³/mol. The minimum Gasteiger partial charge on any atom is -0.481 e. The normalized spacial score (nSPS) is 25.1. The molecule has 1 saturated heterocycles. The van der Waals surface area contributed by atoms with E-state index in [4.69, 9.17) is 5.11 Å². The molecule has 88 valence electrons. The van der Waals surface area contributed by atoms with Gasteiger partial charge in [0.05, 0.1) is 5.92 Å². The summed E-state index contributed by atoms with van der Waals surface area (Å²) in [7, 11) is 0. The third-order valence-electron chi connectivity index (χ3n) is 3.72. The quantitative estimate of drug-likeness (QED) is 0.795. The molecular weight excluding hydrogens is 214 g/mol. The highest BCUT2D eigenvalue weighted by Gasteiger charge is 2.29. The Morgan fingerprint density at radius 2 is 1.60 bits per heavy atom. The van der Waals surface area contributed by atoms with E-state index in [0.29, 0.717) is 0 Å². The maximum atomic E-state index is 10.8. The maximum absolute atomic E-state index is 10.8. The van der Waals surface area contributed by atoms with Crippen LogP contribution in [-0.4, -0.2) is 35.1 Å². The number of nitrogens with zero attached hydrogens (tertiary/aromatic N) is 1. The summed E-state index contributed by atoms with van der Waals surface area (Å²) in [5, 5.41) is 8.87. The van der Waals surface area contributed by atoms with Gasteiger partial charge in [0.2, 0.25) is 0 Å². The Balaban J connectivity index is 0.00000112. The molecule has 0 spiro atoms. The fourth-order valence-corrected chi connectivity index (χ4v) is 2.78. The zero-order chi connectivity index (χ0) is 9.97. The van der Waals surface area contributed by atoms with Crippen molar-refractivity contribution >= 4 is 18.4 Å². The summed E-state index contributed by atoms with van der Waals surface area (Å²) >= 11 is 0. The summed E-state index contributed by atoms with van der Waals surface area (Å²) in [4.78, 5) is 13.3. The van der Waals surface area contributed by atoms with Crippen LogP contribution in [0.15, 0.2) is 0 Å². The number of aliphatic carboxylic acids is 1. The van der Waals surface area contributed by atoms with E-state index < -0.39 is 5.97 Å². The van der Waals surface area contributed by atoms with E-state index in [1.165, 1.54) is 25.7 Å². The highest BCUT2D eigenvalue weighted by atomic mass is 35.5. The fourth-order valence-electron chi connectivity index (χ4n) is 2.78. The largest absolute Gasteiger partial charge is 0.481 e. The van der Waals surface area contributed by atoms with Crippen LogP contribution in [0.1, 0.15) is 38.5 Å². The monoisotopic (exact) mass is 233 g/mol. The standard InChI is InChI=1S/C11H19NO2.ClH/c13-11(14)9-5-7-12(8-6-9)10-3-1-2-4-10;/h9-10H,1-8H2,(H,13,14);1H. The number of carboxylic acid groups (broad SMARTS) is 1. The van der Waals surface area contributed by atoms with Gasteiger partial charge in [0.25, 0.3) is 0 Å². The molecule has 1 aliphatic carbocycles. The van der Waals surface area contributed by atoms with Crippen LogP contribution in [0.4, 0.5) is 0 Å². The lowest BCUT2D eigenvalue weighted by atomic mass is 9.96. The predicted octanol–water partition coefficient (Wildman–Crippen LogP) is 2.15. The molecule has 0 atom stereocenters. The maximum Gasteiger partial charge on any atom is 0.306 e. The molecule has 3 nitrogen and oxygen atoms in total. The van der Waals surface area contributed by atoms with Crippen molar-refractivity contribution in [3.05, 3.63) is 0 Å². The average Bonchev–Trinajstić information content (AvgIpc) is 2.71. The van der Waals surface area contributed by atoms with Gasteiger partial charge in [-0.05, 0) is 38.8 Å². The molecule has 0 aromatic heterocycles. The zero-order valence-electron chi connectivity index (χ0n) is 9.02. The van der Waals surface area contributed by atoms with Gasteiger partial charge in [0, 0.05) is 6.04 Å². The van der Waals surface area contributed by atoms with Crippen LogP contribution in [0.3, 0.4) is 0 Å². The molecule has 2 fully saturated rings. The van der Waals surface area contributed by atoms with E-state index in [9.17, 15) is 4.79 Å². The summed E-state index contributed by atoms with van der Waals surface area (Å²) in [5.41, 5.74) is 0. The van der Waals surface area contributed by atoms with E-state index in [1.54, 1.807) is 0 Å². The van der Waals surface area contributed by atoms with E-state index >= 15 is 0 Å². The zero-order valence-corrected chi connectivity index (χ0v) is 9.84. The minimum atomic E-state index is -0.601. The van der Waals surface area contributed by atoms with Gasteiger partial charge in [-0.15, -0.1) is 12.4 Å². The molecule has 0 aromatic carbocycles. The number of carbonyl (C=O) groups is 1. The van der Waals surface area contributed by atoms with Gasteiger partial charge in [-0.25, -0.2) is 0 Å². The van der Waals surface area contributed by atoms with Crippen molar-refractivity contribution in [2.45, 2.75) is 44.6 Å². The molecule has 1 heterocycles. The Morgan fingerprint density at radius 3 is 2.07 bits per heavy atom. The number of hydrogen-bond donors (Lipinski definition) is 1. The number of rotatable bonds is 2. The van der Waals surface area contributed by atoms with E-state index in [2.05, 4.69) is 4.90 Å². The Bertz CT molecular complexity index is 209. The molecule has 4 heteroatoms. The van der Waals surface area contributed by atoms with Crippen LogP contribution in [0.5, 0.6) is 0 Å². The Labute approximate surface area is 97.2 Å². The van der Waals surface area contributed by atoms with Crippen molar-refractivity contribution in [3.8, 4) is 0 Å². The summed E-state index contributed by atoms with van der Waals surface area (Å²) < 4.78 is 0. The molecule has 1 saturated carbocycles. The first-order valence-corrected chi connectivity index (χ1v) is 5.74. The van der Waals surface area contributed by atoms with Crippen molar-refractivity contribution < 1.29 is 9.90 Å². The number of hydrogen-bond acceptors (Lipinski definition) is 2. The number of piperidine rings is 1. The third-order valence-corrected chi connectivity index (χ3v) is 3.72. The lowest BCUT2D eigenvalue weighted by molar-refractivity contribution is -0.143. The summed E-state index contributed by atoms with van der Waals surface area (Å²) in [6.45, 7) is 2.00. The summed E-state index contributed by atoms with van der Waals surface area (Å²) in [5.74, 6) is -0.677. The first kappa shape index (κ1) is 12.8. The molecule has 0 aromatic rings. The van der Waals surface area contributed by atoms with E-state index in [-0.39, 0.29) is 18.3 Å². The molecular formula is C11H20ClNO2. The molecule has 2 rings (SSSR count). The summed E-state index contributed by atoms with van der Waals surface area (Å²) in [6.07, 6.45) is 7.10. The smallest absolute Gasteiger partial charge is 0.306 e. The molecule has 0 unspecified atom stereocenters. The van der Waals surface area contributed by atoms with Crippen LogP contribution in [0, 0.1) is 5.92 Å². The number of likely N-dealkylation sites (tertiary alicyclic amines) is 1. The topological polar surface area (TPSA) is 40.5 Å². The molecule has 1 N–H and O–H groups in total. The lowest BCUT2D eigenvalue weighted by Gasteiger charge is -2.34. The minimum absolute atomic E-state index is 0. The van der Waals surface area contributed by atoms with Gasteiger partial charge in [0.1, 0.15) is 0 Å². The van der Waals surface area contributed by atoms with Gasteiger partial charge in [-0.1, -0.05) is 12.8 Å². The molecule has 0 amide bonds. The summed E-state index contributed by atoms with van der Waals surface area (Å²) in [6, 6.07) is 0.768. The second-order valence-electron chi connectivity index (χ2n) is 4.59. The average molecular weight is 234 g/mol. The van der Waals surface area contributed by atoms with Crippen LogP contribution >= 0.6 is 12.4 Å². The lowest BCUT2D eigenvalue weighted by Crippen LogP contribution is -2.41. The first-order chi connectivity index (χ1) is 6.77. The van der Waals surface area contributed by atoms with Gasteiger partial charge < -0.3 is 10.0 Å². The van der Waals surface area contributed by atoms with Gasteiger partial charge in [-0.2, -0.15) is 0 Å². The second-order valence-corrected chi connectivity index (χ2v) is 4.59. The van der Waals surface area contributed by atoms with Crippen LogP contribution in [0.2, 0.25) is 0 Å². The highest BCUT2D eigenvalue weighted by Crippen LogP contribution is 2.27. The third kappa shape index (κ3) is 3.08. The molecule has 0 radical (unpaired) electrons. The van der Waals surface area contributed by atoms with Crippen molar-refractivity contribution in [3.63, 3.8) is 0 Å². The van der Waals surface area contributed by atoms with Crippen molar-refractivity contribution in [2.24, 2.45) is 5.92 Å². The van der Waals surface area contributed by atoms with Crippen molar-refractivity contribution in [2.75, 3.05) is 13.1 Å². The molecule has 2 aliphatic rings. The van der Waals surface area contributed by atoms with Crippen LogP contribution in [-0.2, 0) is 4.79 Å². The van der Waals surface area contributed by atoms with Crippen LogP contribution in [0.25, 0.3) is 0 Å². The Morgan fingerprint density at radius 1 is 1.07 bits per heavy atom. The van der Waals surface area contributed by atoms with E-state index in [0.717, 1.165) is 32.0 Å². The fraction of sp³-hybridized carbons (Fsp3) is 0.909. The Kier molecular flexibility index (Phi) is 4.87. The number of halogens is 1. The van der Waals surface area contributed by atoms with Gasteiger partial charge >= 0.3 is 5.97 Å². The highest BCUT2D eigenvalue weighted by molar-refractivity contribution is 5.85. The van der Waals surface area contributed by atoms with Crippen molar-refractivity contribution in [1.29, 1.82) is 0 Å².